The standard InChI is InChI=1S/C19H14ClFN4/c20-14-8-15-13(10-23-19(15)24-11-14)7-12-5-6-18(22-9-12)25-17-4-2-1-3-16(17)21/h1-6,8-11H,7H2,(H,22,25)(H,23,24). The first-order valence-electron chi connectivity index (χ1n) is 7.77. The van der Waals surface area contributed by atoms with Gasteiger partial charge in [0.25, 0.3) is 0 Å². The molecule has 0 aliphatic carbocycles. The molecule has 0 amide bonds. The summed E-state index contributed by atoms with van der Waals surface area (Å²) in [4.78, 5) is 11.8. The van der Waals surface area contributed by atoms with E-state index in [4.69, 9.17) is 11.6 Å². The number of H-pyrrole nitrogens is 1. The lowest BCUT2D eigenvalue weighted by molar-refractivity contribution is 0.632. The molecule has 1 aromatic carbocycles. The fourth-order valence-electron chi connectivity index (χ4n) is 2.70. The molecular weight excluding hydrogens is 339 g/mol. The molecule has 0 spiro atoms. The highest BCUT2D eigenvalue weighted by Crippen LogP contribution is 2.23. The van der Waals surface area contributed by atoms with Crippen molar-refractivity contribution in [2.75, 3.05) is 5.32 Å². The second-order valence-electron chi connectivity index (χ2n) is 5.70. The van der Waals surface area contributed by atoms with Crippen LogP contribution in [-0.2, 0) is 6.42 Å². The van der Waals surface area contributed by atoms with Gasteiger partial charge in [0.1, 0.15) is 17.3 Å². The number of hydrogen-bond acceptors (Lipinski definition) is 3. The van der Waals surface area contributed by atoms with Crippen molar-refractivity contribution in [1.29, 1.82) is 0 Å². The average molecular weight is 353 g/mol. The smallest absolute Gasteiger partial charge is 0.146 e. The van der Waals surface area contributed by atoms with Crippen molar-refractivity contribution in [3.05, 3.63) is 83.0 Å². The fourth-order valence-corrected chi connectivity index (χ4v) is 2.86. The van der Waals surface area contributed by atoms with E-state index in [0.29, 0.717) is 22.9 Å². The van der Waals surface area contributed by atoms with Gasteiger partial charge in [0, 0.05) is 30.4 Å². The van der Waals surface area contributed by atoms with E-state index in [1.54, 1.807) is 30.6 Å². The minimum Gasteiger partial charge on any atom is -0.346 e. The SMILES string of the molecule is Fc1ccccc1Nc1ccc(Cc2c[nH]c3ncc(Cl)cc23)cn1. The average Bonchev–Trinajstić information content (AvgIpc) is 3.01. The van der Waals surface area contributed by atoms with Crippen molar-refractivity contribution in [2.24, 2.45) is 0 Å². The Morgan fingerprint density at radius 1 is 1.08 bits per heavy atom. The molecule has 4 nitrogen and oxygen atoms in total. The summed E-state index contributed by atoms with van der Waals surface area (Å²) in [5, 5.41) is 4.58. The Labute approximate surface area is 148 Å². The molecule has 0 radical (unpaired) electrons. The molecule has 4 rings (SSSR count). The lowest BCUT2D eigenvalue weighted by atomic mass is 10.1. The Kier molecular flexibility index (Phi) is 4.07. The van der Waals surface area contributed by atoms with Crippen LogP contribution >= 0.6 is 11.6 Å². The van der Waals surface area contributed by atoms with Crippen LogP contribution in [0.2, 0.25) is 5.02 Å². The zero-order valence-corrected chi connectivity index (χ0v) is 13.9. The molecule has 3 heterocycles. The van der Waals surface area contributed by atoms with Crippen molar-refractivity contribution < 1.29 is 4.39 Å². The van der Waals surface area contributed by atoms with Crippen LogP contribution in [0.15, 0.2) is 61.1 Å². The van der Waals surface area contributed by atoms with E-state index in [1.807, 2.05) is 24.4 Å². The molecule has 0 aliphatic rings. The summed E-state index contributed by atoms with van der Waals surface area (Å²) in [5.74, 6) is 0.286. The normalized spacial score (nSPS) is 11.0. The monoisotopic (exact) mass is 352 g/mol. The Bertz CT molecular complexity index is 1030. The summed E-state index contributed by atoms with van der Waals surface area (Å²) < 4.78 is 13.7. The number of hydrogen-bond donors (Lipinski definition) is 2. The first-order chi connectivity index (χ1) is 12.2. The molecule has 0 saturated heterocycles. The van der Waals surface area contributed by atoms with Crippen LogP contribution in [0.4, 0.5) is 15.9 Å². The number of para-hydroxylation sites is 1. The van der Waals surface area contributed by atoms with Gasteiger partial charge in [-0.1, -0.05) is 29.8 Å². The summed E-state index contributed by atoms with van der Waals surface area (Å²) in [5.41, 5.74) is 3.35. The van der Waals surface area contributed by atoms with Crippen LogP contribution in [-0.4, -0.2) is 15.0 Å². The second-order valence-corrected chi connectivity index (χ2v) is 6.13. The summed E-state index contributed by atoms with van der Waals surface area (Å²) in [6.07, 6.45) is 6.03. The summed E-state index contributed by atoms with van der Waals surface area (Å²) in [7, 11) is 0. The van der Waals surface area contributed by atoms with Gasteiger partial charge in [-0.3, -0.25) is 0 Å². The van der Waals surface area contributed by atoms with Crippen LogP contribution in [0.1, 0.15) is 11.1 Å². The molecule has 6 heteroatoms. The molecule has 4 aromatic rings. The quantitative estimate of drug-likeness (QED) is 0.538. The van der Waals surface area contributed by atoms with E-state index in [9.17, 15) is 4.39 Å². The topological polar surface area (TPSA) is 53.6 Å². The molecule has 0 fully saturated rings. The molecule has 25 heavy (non-hydrogen) atoms. The number of anilines is 2. The zero-order chi connectivity index (χ0) is 17.2. The Balaban J connectivity index is 1.54. The van der Waals surface area contributed by atoms with E-state index < -0.39 is 0 Å². The lowest BCUT2D eigenvalue weighted by Crippen LogP contribution is -1.97. The minimum atomic E-state index is -0.309. The number of benzene rings is 1. The van der Waals surface area contributed by atoms with Gasteiger partial charge in [0.15, 0.2) is 0 Å². The van der Waals surface area contributed by atoms with Crippen molar-refractivity contribution in [3.8, 4) is 0 Å². The first kappa shape index (κ1) is 15.6. The lowest BCUT2D eigenvalue weighted by Gasteiger charge is -2.07. The van der Waals surface area contributed by atoms with Crippen LogP contribution < -0.4 is 5.32 Å². The largest absolute Gasteiger partial charge is 0.346 e. The number of aromatic amines is 1. The molecule has 2 N–H and O–H groups in total. The molecule has 0 bridgehead atoms. The maximum Gasteiger partial charge on any atom is 0.146 e. The highest BCUT2D eigenvalue weighted by atomic mass is 35.5. The molecule has 0 unspecified atom stereocenters. The molecule has 3 aromatic heterocycles. The molecule has 0 atom stereocenters. The molecule has 0 aliphatic heterocycles. The van der Waals surface area contributed by atoms with Gasteiger partial charge in [0.2, 0.25) is 0 Å². The Morgan fingerprint density at radius 3 is 2.76 bits per heavy atom. The predicted molar refractivity (Wildman–Crippen MR) is 97.8 cm³/mol. The highest BCUT2D eigenvalue weighted by Gasteiger charge is 2.07. The number of halogens is 2. The van der Waals surface area contributed by atoms with Crippen molar-refractivity contribution >= 4 is 34.1 Å². The predicted octanol–water partition coefficient (Wildman–Crippen LogP) is 5.08. The second kappa shape index (κ2) is 6.53. The third kappa shape index (κ3) is 3.32. The van der Waals surface area contributed by atoms with E-state index in [0.717, 1.165) is 22.2 Å². The number of nitrogens with one attached hydrogen (secondary N) is 2. The van der Waals surface area contributed by atoms with Gasteiger partial charge < -0.3 is 10.3 Å². The maximum absolute atomic E-state index is 13.7. The van der Waals surface area contributed by atoms with Gasteiger partial charge >= 0.3 is 0 Å². The number of aromatic nitrogens is 3. The number of rotatable bonds is 4. The number of pyridine rings is 2. The molecule has 0 saturated carbocycles. The van der Waals surface area contributed by atoms with Gasteiger partial charge in [-0.05, 0) is 35.4 Å². The number of nitrogens with zero attached hydrogens (tertiary/aromatic N) is 2. The maximum atomic E-state index is 13.7. The summed E-state index contributed by atoms with van der Waals surface area (Å²) in [6, 6.07) is 12.2. The van der Waals surface area contributed by atoms with Gasteiger partial charge in [-0.15, -0.1) is 0 Å². The van der Waals surface area contributed by atoms with Gasteiger partial charge in [-0.25, -0.2) is 14.4 Å². The Morgan fingerprint density at radius 2 is 1.96 bits per heavy atom. The minimum absolute atomic E-state index is 0.309. The van der Waals surface area contributed by atoms with E-state index in [-0.39, 0.29) is 5.82 Å². The molecular formula is C19H14ClFN4. The van der Waals surface area contributed by atoms with Crippen LogP contribution in [0, 0.1) is 5.82 Å². The highest BCUT2D eigenvalue weighted by molar-refractivity contribution is 6.31. The van der Waals surface area contributed by atoms with Gasteiger partial charge in [0.05, 0.1) is 10.7 Å². The first-order valence-corrected chi connectivity index (χ1v) is 8.15. The third-order valence-corrected chi connectivity index (χ3v) is 4.15. The molecule has 124 valence electrons. The van der Waals surface area contributed by atoms with E-state index in [2.05, 4.69) is 20.3 Å². The van der Waals surface area contributed by atoms with Gasteiger partial charge in [-0.2, -0.15) is 0 Å². The fraction of sp³-hybridized carbons (Fsp3) is 0.0526. The Hall–Kier alpha value is -2.92. The van der Waals surface area contributed by atoms with Crippen LogP contribution in [0.3, 0.4) is 0 Å². The number of fused-ring (bicyclic) bond motifs is 1. The van der Waals surface area contributed by atoms with Crippen molar-refractivity contribution in [1.82, 2.24) is 15.0 Å². The van der Waals surface area contributed by atoms with Crippen LogP contribution in [0.25, 0.3) is 11.0 Å². The van der Waals surface area contributed by atoms with Crippen LogP contribution in [0.5, 0.6) is 0 Å². The van der Waals surface area contributed by atoms with E-state index >= 15 is 0 Å². The van der Waals surface area contributed by atoms with Crippen molar-refractivity contribution in [2.45, 2.75) is 6.42 Å². The third-order valence-electron chi connectivity index (χ3n) is 3.94. The zero-order valence-electron chi connectivity index (χ0n) is 13.1. The summed E-state index contributed by atoms with van der Waals surface area (Å²) >= 11 is 6.03. The van der Waals surface area contributed by atoms with E-state index in [1.165, 1.54) is 6.07 Å². The van der Waals surface area contributed by atoms with Crippen molar-refractivity contribution in [3.63, 3.8) is 0 Å². The summed E-state index contributed by atoms with van der Waals surface area (Å²) in [6.45, 7) is 0.